The average molecular weight is 304 g/mol. The minimum atomic E-state index is -0.374. The zero-order valence-electron chi connectivity index (χ0n) is 12.3. The molecule has 0 bridgehead atoms. The fourth-order valence-corrected chi connectivity index (χ4v) is 3.34. The lowest BCUT2D eigenvalue weighted by Crippen LogP contribution is -2.29. The summed E-state index contributed by atoms with van der Waals surface area (Å²) in [5.74, 6) is -0.374. The van der Waals surface area contributed by atoms with Gasteiger partial charge in [0.25, 0.3) is 0 Å². The van der Waals surface area contributed by atoms with Crippen molar-refractivity contribution in [2.24, 2.45) is 0 Å². The van der Waals surface area contributed by atoms with Crippen molar-refractivity contribution in [3.05, 3.63) is 64.4 Å². The van der Waals surface area contributed by atoms with Crippen LogP contribution in [0.15, 0.2) is 42.5 Å². The van der Waals surface area contributed by atoms with Crippen molar-refractivity contribution in [3.63, 3.8) is 0 Å². The van der Waals surface area contributed by atoms with Gasteiger partial charge >= 0.3 is 0 Å². The van der Waals surface area contributed by atoms with Crippen LogP contribution >= 0.6 is 11.6 Å². The van der Waals surface area contributed by atoms with Crippen molar-refractivity contribution in [1.29, 1.82) is 0 Å². The van der Waals surface area contributed by atoms with E-state index < -0.39 is 0 Å². The Hall–Kier alpha value is -1.54. The first-order chi connectivity index (χ1) is 9.99. The molecule has 0 amide bonds. The largest absolute Gasteiger partial charge is 0.376 e. The number of nitrogens with one attached hydrogen (secondary N) is 1. The van der Waals surface area contributed by atoms with Gasteiger partial charge in [-0.2, -0.15) is 0 Å². The maximum Gasteiger partial charge on any atom is 0.164 e. The molecule has 21 heavy (non-hydrogen) atoms. The zero-order valence-corrected chi connectivity index (χ0v) is 13.0. The summed E-state index contributed by atoms with van der Waals surface area (Å²) in [6, 6.07) is 13.6. The van der Waals surface area contributed by atoms with E-state index in [1.54, 1.807) is 18.2 Å². The van der Waals surface area contributed by atoms with Gasteiger partial charge in [-0.3, -0.25) is 0 Å². The van der Waals surface area contributed by atoms with Gasteiger partial charge in [-0.25, -0.2) is 4.39 Å². The summed E-state index contributed by atoms with van der Waals surface area (Å²) in [4.78, 5) is 0. The molecule has 110 valence electrons. The molecule has 3 heteroatoms. The van der Waals surface area contributed by atoms with Crippen LogP contribution < -0.4 is 5.32 Å². The van der Waals surface area contributed by atoms with Crippen LogP contribution in [0.2, 0.25) is 5.02 Å². The molecule has 1 N–H and O–H groups in total. The number of fused-ring (bicyclic) bond motifs is 1. The molecule has 0 heterocycles. The lowest BCUT2D eigenvalue weighted by molar-refractivity contribution is 0.405. The Morgan fingerprint density at radius 1 is 1.14 bits per heavy atom. The fraction of sp³-hybridized carbons (Fsp3) is 0.333. The molecular weight excluding hydrogens is 285 g/mol. The van der Waals surface area contributed by atoms with Gasteiger partial charge in [-0.1, -0.05) is 55.8 Å². The second-order valence-electron chi connectivity index (χ2n) is 6.31. The first-order valence-electron chi connectivity index (χ1n) is 7.29. The summed E-state index contributed by atoms with van der Waals surface area (Å²) in [5, 5.41) is 3.48. The minimum Gasteiger partial charge on any atom is -0.376 e. The molecule has 0 saturated heterocycles. The van der Waals surface area contributed by atoms with E-state index in [4.69, 9.17) is 11.6 Å². The molecule has 1 aliphatic carbocycles. The standard InChI is InChI=1S/C18H19ClFN/c1-18(2)11-10-15(12-6-3-4-7-13(12)18)21-16-9-5-8-14(19)17(16)20/h3-9,15,21H,10-11H2,1-2H3. The molecule has 1 unspecified atom stereocenters. The topological polar surface area (TPSA) is 12.0 Å². The van der Waals surface area contributed by atoms with Crippen LogP contribution in [0.3, 0.4) is 0 Å². The third kappa shape index (κ3) is 2.65. The molecule has 0 radical (unpaired) electrons. The van der Waals surface area contributed by atoms with Gasteiger partial charge in [0, 0.05) is 0 Å². The maximum absolute atomic E-state index is 14.1. The Bertz CT molecular complexity index is 666. The van der Waals surface area contributed by atoms with Crippen LogP contribution in [0.5, 0.6) is 0 Å². The average Bonchev–Trinajstić information content (AvgIpc) is 2.47. The first kappa shape index (κ1) is 14.4. The molecule has 2 aromatic carbocycles. The molecule has 0 fully saturated rings. The van der Waals surface area contributed by atoms with Crippen molar-refractivity contribution < 1.29 is 4.39 Å². The quantitative estimate of drug-likeness (QED) is 0.750. The highest BCUT2D eigenvalue weighted by Crippen LogP contribution is 2.43. The van der Waals surface area contributed by atoms with E-state index in [9.17, 15) is 4.39 Å². The maximum atomic E-state index is 14.1. The summed E-state index contributed by atoms with van der Waals surface area (Å²) in [6.45, 7) is 4.53. The lowest BCUT2D eigenvalue weighted by Gasteiger charge is -2.37. The van der Waals surface area contributed by atoms with Crippen molar-refractivity contribution in [2.75, 3.05) is 5.32 Å². The van der Waals surface area contributed by atoms with Gasteiger partial charge in [0.15, 0.2) is 5.82 Å². The van der Waals surface area contributed by atoms with E-state index in [1.165, 1.54) is 11.1 Å². The van der Waals surface area contributed by atoms with Crippen LogP contribution in [-0.4, -0.2) is 0 Å². The predicted octanol–water partition coefficient (Wildman–Crippen LogP) is 5.70. The van der Waals surface area contributed by atoms with E-state index >= 15 is 0 Å². The highest BCUT2D eigenvalue weighted by Gasteiger charge is 2.32. The Morgan fingerprint density at radius 2 is 1.90 bits per heavy atom. The number of rotatable bonds is 2. The van der Waals surface area contributed by atoms with Crippen LogP contribution in [-0.2, 0) is 5.41 Å². The molecular formula is C18H19ClFN. The summed E-state index contributed by atoms with van der Waals surface area (Å²) in [5.41, 5.74) is 3.24. The number of benzene rings is 2. The second-order valence-corrected chi connectivity index (χ2v) is 6.72. The Balaban J connectivity index is 1.96. The van der Waals surface area contributed by atoms with Gasteiger partial charge < -0.3 is 5.32 Å². The van der Waals surface area contributed by atoms with E-state index in [2.05, 4.69) is 37.4 Å². The van der Waals surface area contributed by atoms with Crippen LogP contribution in [0.1, 0.15) is 43.9 Å². The number of hydrogen-bond acceptors (Lipinski definition) is 1. The number of halogens is 2. The lowest BCUT2D eigenvalue weighted by atomic mass is 9.71. The second kappa shape index (κ2) is 5.34. The van der Waals surface area contributed by atoms with Crippen LogP contribution in [0, 0.1) is 5.82 Å². The molecule has 0 spiro atoms. The van der Waals surface area contributed by atoms with E-state index in [0.29, 0.717) is 5.69 Å². The Labute approximate surface area is 130 Å². The molecule has 2 aromatic rings. The van der Waals surface area contributed by atoms with Crippen molar-refractivity contribution in [2.45, 2.75) is 38.1 Å². The SMILES string of the molecule is CC1(C)CCC(Nc2cccc(Cl)c2F)c2ccccc21. The summed E-state index contributed by atoms with van der Waals surface area (Å²) >= 11 is 5.86. The fourth-order valence-electron chi connectivity index (χ4n) is 3.17. The third-order valence-corrected chi connectivity index (χ3v) is 4.70. The summed E-state index contributed by atoms with van der Waals surface area (Å²) in [6.07, 6.45) is 2.06. The number of anilines is 1. The van der Waals surface area contributed by atoms with Crippen molar-refractivity contribution >= 4 is 17.3 Å². The van der Waals surface area contributed by atoms with Gasteiger partial charge in [0.05, 0.1) is 16.8 Å². The molecule has 1 atom stereocenters. The minimum absolute atomic E-state index is 0.127. The van der Waals surface area contributed by atoms with Gasteiger partial charge in [0.2, 0.25) is 0 Å². The highest BCUT2D eigenvalue weighted by atomic mass is 35.5. The molecule has 0 aromatic heterocycles. The first-order valence-corrected chi connectivity index (χ1v) is 7.67. The van der Waals surface area contributed by atoms with Gasteiger partial charge in [-0.15, -0.1) is 0 Å². The molecule has 1 nitrogen and oxygen atoms in total. The van der Waals surface area contributed by atoms with Crippen LogP contribution in [0.25, 0.3) is 0 Å². The smallest absolute Gasteiger partial charge is 0.164 e. The summed E-state index contributed by atoms with van der Waals surface area (Å²) in [7, 11) is 0. The number of hydrogen-bond donors (Lipinski definition) is 1. The molecule has 0 aliphatic heterocycles. The summed E-state index contributed by atoms with van der Waals surface area (Å²) < 4.78 is 14.1. The predicted molar refractivity (Wildman–Crippen MR) is 86.5 cm³/mol. The zero-order chi connectivity index (χ0) is 15.0. The van der Waals surface area contributed by atoms with Gasteiger partial charge in [0.1, 0.15) is 0 Å². The monoisotopic (exact) mass is 303 g/mol. The van der Waals surface area contributed by atoms with Gasteiger partial charge in [-0.05, 0) is 41.5 Å². The van der Waals surface area contributed by atoms with E-state index in [0.717, 1.165) is 12.8 Å². The van der Waals surface area contributed by atoms with Crippen molar-refractivity contribution in [1.82, 2.24) is 0 Å². The van der Waals surface area contributed by atoms with Crippen LogP contribution in [0.4, 0.5) is 10.1 Å². The van der Waals surface area contributed by atoms with Crippen molar-refractivity contribution in [3.8, 4) is 0 Å². The molecule has 3 rings (SSSR count). The van der Waals surface area contributed by atoms with E-state index in [1.807, 2.05) is 6.07 Å². The highest BCUT2D eigenvalue weighted by molar-refractivity contribution is 6.31. The Kier molecular flexibility index (Phi) is 3.66. The molecule has 0 saturated carbocycles. The third-order valence-electron chi connectivity index (χ3n) is 4.40. The Morgan fingerprint density at radius 3 is 2.71 bits per heavy atom. The molecule has 1 aliphatic rings. The van der Waals surface area contributed by atoms with E-state index in [-0.39, 0.29) is 22.3 Å². The normalized spacial score (nSPS) is 19.9.